The summed E-state index contributed by atoms with van der Waals surface area (Å²) in [6.45, 7) is 0. The summed E-state index contributed by atoms with van der Waals surface area (Å²) in [5.74, 6) is -1.00. The molecule has 1 aromatic heterocycles. The Bertz CT molecular complexity index is 1280. The van der Waals surface area contributed by atoms with E-state index in [4.69, 9.17) is 16.3 Å². The SMILES string of the molecule is COc1cccc(S(=O)(=O)Nc2ccc(Cl)c3c2C(=O)N(c2cccnc2)C3=O)c1. The van der Waals surface area contributed by atoms with E-state index in [2.05, 4.69) is 9.71 Å². The highest BCUT2D eigenvalue weighted by Gasteiger charge is 2.41. The first-order valence-electron chi connectivity index (χ1n) is 8.61. The number of rotatable bonds is 5. The third kappa shape index (κ3) is 3.27. The molecule has 0 spiro atoms. The summed E-state index contributed by atoms with van der Waals surface area (Å²) >= 11 is 6.17. The summed E-state index contributed by atoms with van der Waals surface area (Å²) in [7, 11) is -2.65. The van der Waals surface area contributed by atoms with Crippen LogP contribution in [0.15, 0.2) is 65.8 Å². The van der Waals surface area contributed by atoms with Gasteiger partial charge in [0.2, 0.25) is 0 Å². The predicted octanol–water partition coefficient (Wildman–Crippen LogP) is 3.35. The highest BCUT2D eigenvalue weighted by atomic mass is 35.5. The standard InChI is InChI=1S/C20H14ClN3O5S/c1-29-13-5-2-6-14(10-13)30(27,28)23-16-8-7-15(21)17-18(16)20(26)24(19(17)25)12-4-3-9-22-11-12/h2-11,23H,1H3. The van der Waals surface area contributed by atoms with E-state index in [0.29, 0.717) is 5.75 Å². The lowest BCUT2D eigenvalue weighted by atomic mass is 10.1. The maximum atomic E-state index is 13.1. The summed E-state index contributed by atoms with van der Waals surface area (Å²) in [6, 6.07) is 11.7. The van der Waals surface area contributed by atoms with Crippen LogP contribution >= 0.6 is 11.6 Å². The number of methoxy groups -OCH3 is 1. The minimum atomic E-state index is -4.07. The fourth-order valence-corrected chi connectivity index (χ4v) is 4.45. The van der Waals surface area contributed by atoms with Crippen LogP contribution in [0.2, 0.25) is 5.02 Å². The van der Waals surface area contributed by atoms with E-state index in [1.54, 1.807) is 18.2 Å². The van der Waals surface area contributed by atoms with Gasteiger partial charge in [0, 0.05) is 12.3 Å². The molecule has 0 radical (unpaired) electrons. The number of carbonyl (C=O) groups excluding carboxylic acids is 2. The van der Waals surface area contributed by atoms with Gasteiger partial charge >= 0.3 is 0 Å². The summed E-state index contributed by atoms with van der Waals surface area (Å²) in [5.41, 5.74) is 0.00233. The van der Waals surface area contributed by atoms with E-state index in [0.717, 1.165) is 4.90 Å². The normalized spacial score (nSPS) is 13.3. The maximum absolute atomic E-state index is 13.1. The van der Waals surface area contributed by atoms with Gasteiger partial charge in [-0.1, -0.05) is 17.7 Å². The lowest BCUT2D eigenvalue weighted by Gasteiger charge is -2.14. The van der Waals surface area contributed by atoms with Crippen molar-refractivity contribution >= 4 is 44.8 Å². The van der Waals surface area contributed by atoms with Gasteiger partial charge in [-0.2, -0.15) is 0 Å². The quantitative estimate of drug-likeness (QED) is 0.606. The molecule has 0 unspecified atom stereocenters. The molecule has 0 atom stereocenters. The molecule has 2 amide bonds. The summed E-state index contributed by atoms with van der Waals surface area (Å²) in [6.07, 6.45) is 2.86. The largest absolute Gasteiger partial charge is 0.497 e. The van der Waals surface area contributed by atoms with Crippen molar-refractivity contribution in [2.24, 2.45) is 0 Å². The Morgan fingerprint density at radius 1 is 1.03 bits per heavy atom. The number of ether oxygens (including phenoxy) is 1. The number of aromatic nitrogens is 1. The molecule has 152 valence electrons. The van der Waals surface area contributed by atoms with Gasteiger partial charge in [-0.15, -0.1) is 0 Å². The average Bonchev–Trinajstić information content (AvgIpc) is 3.02. The topological polar surface area (TPSA) is 106 Å². The molecule has 0 saturated carbocycles. The molecule has 30 heavy (non-hydrogen) atoms. The van der Waals surface area contributed by atoms with Gasteiger partial charge in [0.15, 0.2) is 0 Å². The Morgan fingerprint density at radius 2 is 1.80 bits per heavy atom. The molecular formula is C20H14ClN3O5S. The van der Waals surface area contributed by atoms with Crippen molar-refractivity contribution in [1.29, 1.82) is 0 Å². The van der Waals surface area contributed by atoms with Crippen molar-refractivity contribution in [2.75, 3.05) is 16.7 Å². The molecule has 0 saturated heterocycles. The summed E-state index contributed by atoms with van der Waals surface area (Å²) < 4.78 is 33.2. The molecule has 10 heteroatoms. The first kappa shape index (κ1) is 19.9. The van der Waals surface area contributed by atoms with E-state index in [1.807, 2.05) is 0 Å². The zero-order chi connectivity index (χ0) is 21.5. The molecule has 8 nitrogen and oxygen atoms in total. The van der Waals surface area contributed by atoms with Crippen LogP contribution in [-0.2, 0) is 10.0 Å². The van der Waals surface area contributed by atoms with E-state index in [-0.39, 0.29) is 32.4 Å². The monoisotopic (exact) mass is 443 g/mol. The zero-order valence-corrected chi connectivity index (χ0v) is 17.1. The fourth-order valence-electron chi connectivity index (χ4n) is 3.10. The number of nitrogens with zero attached hydrogens (tertiary/aromatic N) is 2. The van der Waals surface area contributed by atoms with Gasteiger partial charge in [-0.05, 0) is 36.4 Å². The van der Waals surface area contributed by atoms with E-state index in [9.17, 15) is 18.0 Å². The fraction of sp³-hybridized carbons (Fsp3) is 0.0500. The van der Waals surface area contributed by atoms with Crippen LogP contribution in [0.25, 0.3) is 0 Å². The zero-order valence-electron chi connectivity index (χ0n) is 15.5. The predicted molar refractivity (Wildman–Crippen MR) is 111 cm³/mol. The second-order valence-corrected chi connectivity index (χ2v) is 8.38. The molecular weight excluding hydrogens is 430 g/mol. The minimum absolute atomic E-state index is 0.0408. The molecule has 2 aromatic carbocycles. The van der Waals surface area contributed by atoms with Gasteiger partial charge in [0.1, 0.15) is 5.75 Å². The van der Waals surface area contributed by atoms with Crippen LogP contribution in [0.5, 0.6) is 5.75 Å². The highest BCUT2D eigenvalue weighted by Crippen LogP contribution is 2.37. The third-order valence-corrected chi connectivity index (χ3v) is 6.17. The molecule has 0 bridgehead atoms. The second-order valence-electron chi connectivity index (χ2n) is 6.29. The molecule has 1 aliphatic heterocycles. The number of fused-ring (bicyclic) bond motifs is 1. The van der Waals surface area contributed by atoms with Crippen LogP contribution in [0.4, 0.5) is 11.4 Å². The Balaban J connectivity index is 1.79. The van der Waals surface area contributed by atoms with Gasteiger partial charge in [0.05, 0.1) is 45.7 Å². The number of amides is 2. The second kappa shape index (κ2) is 7.43. The first-order valence-corrected chi connectivity index (χ1v) is 10.5. The third-order valence-electron chi connectivity index (χ3n) is 4.49. The molecule has 1 aliphatic rings. The van der Waals surface area contributed by atoms with Crippen molar-refractivity contribution in [3.63, 3.8) is 0 Å². The number of imide groups is 1. The number of halogens is 1. The van der Waals surface area contributed by atoms with Crippen LogP contribution in [-0.4, -0.2) is 32.3 Å². The molecule has 2 heterocycles. The van der Waals surface area contributed by atoms with Crippen LogP contribution in [0.3, 0.4) is 0 Å². The van der Waals surface area contributed by atoms with Gasteiger partial charge in [-0.25, -0.2) is 13.3 Å². The van der Waals surface area contributed by atoms with Gasteiger partial charge in [-0.3, -0.25) is 19.3 Å². The number of hydrogen-bond donors (Lipinski definition) is 1. The Morgan fingerprint density at radius 3 is 2.50 bits per heavy atom. The Labute approximate surface area is 177 Å². The smallest absolute Gasteiger partial charge is 0.268 e. The number of hydrogen-bond acceptors (Lipinski definition) is 6. The van der Waals surface area contributed by atoms with Crippen LogP contribution < -0.4 is 14.4 Å². The van der Waals surface area contributed by atoms with Crippen molar-refractivity contribution in [2.45, 2.75) is 4.90 Å². The molecule has 0 aliphatic carbocycles. The molecule has 3 aromatic rings. The number of nitrogens with one attached hydrogen (secondary N) is 1. The number of carbonyl (C=O) groups is 2. The highest BCUT2D eigenvalue weighted by molar-refractivity contribution is 7.92. The number of sulfonamides is 1. The van der Waals surface area contributed by atoms with Crippen LogP contribution in [0.1, 0.15) is 20.7 Å². The Hall–Kier alpha value is -3.43. The Kier molecular flexibility index (Phi) is 4.92. The van der Waals surface area contributed by atoms with E-state index in [1.165, 1.54) is 49.8 Å². The van der Waals surface area contributed by atoms with E-state index < -0.39 is 21.8 Å². The molecule has 1 N–H and O–H groups in total. The number of benzene rings is 2. The van der Waals surface area contributed by atoms with E-state index >= 15 is 0 Å². The molecule has 4 rings (SSSR count). The van der Waals surface area contributed by atoms with Crippen LogP contribution in [0, 0.1) is 0 Å². The summed E-state index contributed by atoms with van der Waals surface area (Å²) in [4.78, 5) is 30.7. The first-order chi connectivity index (χ1) is 14.3. The lowest BCUT2D eigenvalue weighted by molar-refractivity contribution is 0.0926. The van der Waals surface area contributed by atoms with Crippen molar-refractivity contribution < 1.29 is 22.7 Å². The van der Waals surface area contributed by atoms with Gasteiger partial charge in [0.25, 0.3) is 21.8 Å². The van der Waals surface area contributed by atoms with Gasteiger partial charge < -0.3 is 4.74 Å². The lowest BCUT2D eigenvalue weighted by Crippen LogP contribution is -2.29. The van der Waals surface area contributed by atoms with Crippen molar-refractivity contribution in [3.8, 4) is 5.75 Å². The maximum Gasteiger partial charge on any atom is 0.268 e. The van der Waals surface area contributed by atoms with Crippen molar-refractivity contribution in [1.82, 2.24) is 4.98 Å². The summed E-state index contributed by atoms with van der Waals surface area (Å²) in [5, 5.41) is 0.0408. The average molecular weight is 444 g/mol. The minimum Gasteiger partial charge on any atom is -0.497 e. The van der Waals surface area contributed by atoms with Crippen molar-refractivity contribution in [3.05, 3.63) is 77.1 Å². The molecule has 0 fully saturated rings. The number of pyridine rings is 1. The number of anilines is 2.